The highest BCUT2D eigenvalue weighted by Crippen LogP contribution is 2.25. The van der Waals surface area contributed by atoms with Crippen molar-refractivity contribution >= 4 is 40.7 Å². The van der Waals surface area contributed by atoms with Gasteiger partial charge in [0.15, 0.2) is 5.11 Å². The summed E-state index contributed by atoms with van der Waals surface area (Å²) < 4.78 is 0. The van der Waals surface area contributed by atoms with Gasteiger partial charge in [-0.15, -0.1) is 0 Å². The van der Waals surface area contributed by atoms with Crippen LogP contribution in [0.25, 0.3) is 6.08 Å². The van der Waals surface area contributed by atoms with Gasteiger partial charge in [-0.2, -0.15) is 0 Å². The number of hydrogen-bond acceptors (Lipinski definition) is 4. The van der Waals surface area contributed by atoms with Gasteiger partial charge in [0.2, 0.25) is 0 Å². The van der Waals surface area contributed by atoms with Crippen molar-refractivity contribution in [1.29, 1.82) is 0 Å². The second-order valence-electron chi connectivity index (χ2n) is 4.78. The SMILES string of the molecule is O=C1/C(=C/c2ccccc2[N+](=O)[O-])NC(=S)N1c1ccccc1. The van der Waals surface area contributed by atoms with Crippen molar-refractivity contribution in [2.24, 2.45) is 0 Å². The van der Waals surface area contributed by atoms with Gasteiger partial charge in [-0.1, -0.05) is 30.3 Å². The van der Waals surface area contributed by atoms with Crippen LogP contribution in [0.4, 0.5) is 11.4 Å². The first-order valence-corrected chi connectivity index (χ1v) is 7.14. The van der Waals surface area contributed by atoms with E-state index in [-0.39, 0.29) is 22.4 Å². The van der Waals surface area contributed by atoms with Gasteiger partial charge >= 0.3 is 0 Å². The summed E-state index contributed by atoms with van der Waals surface area (Å²) in [4.78, 5) is 24.5. The monoisotopic (exact) mass is 325 g/mol. The van der Waals surface area contributed by atoms with Crippen molar-refractivity contribution in [2.45, 2.75) is 0 Å². The Morgan fingerprint density at radius 1 is 1.09 bits per heavy atom. The van der Waals surface area contributed by atoms with E-state index in [2.05, 4.69) is 5.32 Å². The van der Waals surface area contributed by atoms with E-state index in [0.717, 1.165) is 0 Å². The molecule has 23 heavy (non-hydrogen) atoms. The van der Waals surface area contributed by atoms with E-state index in [1.807, 2.05) is 6.07 Å². The molecule has 2 aromatic rings. The maximum absolute atomic E-state index is 12.5. The zero-order valence-electron chi connectivity index (χ0n) is 11.8. The van der Waals surface area contributed by atoms with Crippen LogP contribution < -0.4 is 10.2 Å². The van der Waals surface area contributed by atoms with Gasteiger partial charge in [0, 0.05) is 6.07 Å². The van der Waals surface area contributed by atoms with Gasteiger partial charge in [0.1, 0.15) is 5.70 Å². The molecule has 0 bridgehead atoms. The van der Waals surface area contributed by atoms with Gasteiger partial charge in [0.05, 0.1) is 16.2 Å². The van der Waals surface area contributed by atoms with Crippen molar-refractivity contribution in [3.63, 3.8) is 0 Å². The maximum Gasteiger partial charge on any atom is 0.281 e. The number of nitro benzene ring substituents is 1. The van der Waals surface area contributed by atoms with Crippen LogP contribution in [-0.4, -0.2) is 15.9 Å². The van der Waals surface area contributed by atoms with E-state index in [9.17, 15) is 14.9 Å². The molecule has 1 saturated heterocycles. The zero-order chi connectivity index (χ0) is 16.4. The molecule has 1 aliphatic rings. The molecular formula is C16H11N3O3S. The van der Waals surface area contributed by atoms with Crippen LogP contribution in [0.15, 0.2) is 60.3 Å². The van der Waals surface area contributed by atoms with Crippen molar-refractivity contribution in [3.8, 4) is 0 Å². The van der Waals surface area contributed by atoms with Gasteiger partial charge in [0.25, 0.3) is 11.6 Å². The molecule has 2 aromatic carbocycles. The predicted molar refractivity (Wildman–Crippen MR) is 90.7 cm³/mol. The summed E-state index contributed by atoms with van der Waals surface area (Å²) >= 11 is 5.20. The Labute approximate surface area is 137 Å². The summed E-state index contributed by atoms with van der Waals surface area (Å²) in [5, 5.41) is 14.1. The average molecular weight is 325 g/mol. The Balaban J connectivity index is 1.99. The highest BCUT2D eigenvalue weighted by atomic mass is 32.1. The molecule has 3 rings (SSSR count). The minimum Gasteiger partial charge on any atom is -0.327 e. The number of nitro groups is 1. The predicted octanol–water partition coefficient (Wildman–Crippen LogP) is 2.86. The van der Waals surface area contributed by atoms with Gasteiger partial charge < -0.3 is 5.32 Å². The van der Waals surface area contributed by atoms with Crippen molar-refractivity contribution in [1.82, 2.24) is 5.32 Å². The fraction of sp³-hybridized carbons (Fsp3) is 0. The van der Waals surface area contributed by atoms with Gasteiger partial charge in [-0.05, 0) is 36.5 Å². The number of nitrogens with zero attached hydrogens (tertiary/aromatic N) is 2. The molecule has 0 aliphatic carbocycles. The topological polar surface area (TPSA) is 75.5 Å². The molecule has 0 atom stereocenters. The first-order chi connectivity index (χ1) is 11.1. The van der Waals surface area contributed by atoms with Crippen LogP contribution in [0.5, 0.6) is 0 Å². The summed E-state index contributed by atoms with van der Waals surface area (Å²) in [5.74, 6) is -0.348. The number of thiocarbonyl (C=S) groups is 1. The molecule has 114 valence electrons. The van der Waals surface area contributed by atoms with Crippen LogP contribution >= 0.6 is 12.2 Å². The third-order valence-electron chi connectivity index (χ3n) is 3.33. The molecule has 1 N–H and O–H groups in total. The first kappa shape index (κ1) is 14.9. The van der Waals surface area contributed by atoms with E-state index in [4.69, 9.17) is 12.2 Å². The fourth-order valence-corrected chi connectivity index (χ4v) is 2.58. The molecule has 0 radical (unpaired) electrons. The minimum atomic E-state index is -0.487. The van der Waals surface area contributed by atoms with E-state index < -0.39 is 4.92 Å². The summed E-state index contributed by atoms with van der Waals surface area (Å²) in [6.07, 6.45) is 1.44. The molecule has 7 heteroatoms. The molecular weight excluding hydrogens is 314 g/mol. The smallest absolute Gasteiger partial charge is 0.281 e. The van der Waals surface area contributed by atoms with Crippen LogP contribution in [0.3, 0.4) is 0 Å². The van der Waals surface area contributed by atoms with Crippen molar-refractivity contribution in [2.75, 3.05) is 4.90 Å². The Hall–Kier alpha value is -3.06. The third kappa shape index (κ3) is 2.82. The number of rotatable bonds is 3. The number of para-hydroxylation sites is 2. The van der Waals surface area contributed by atoms with Crippen molar-refractivity contribution in [3.05, 3.63) is 76.0 Å². The van der Waals surface area contributed by atoms with Gasteiger partial charge in [-0.3, -0.25) is 19.8 Å². The van der Waals surface area contributed by atoms with E-state index in [1.54, 1.807) is 42.5 Å². The number of amides is 1. The zero-order valence-corrected chi connectivity index (χ0v) is 12.6. The molecule has 1 heterocycles. The number of nitrogens with one attached hydrogen (secondary N) is 1. The van der Waals surface area contributed by atoms with Crippen molar-refractivity contribution < 1.29 is 9.72 Å². The summed E-state index contributed by atoms with van der Waals surface area (Å²) in [7, 11) is 0. The Bertz CT molecular complexity index is 833. The lowest BCUT2D eigenvalue weighted by molar-refractivity contribution is -0.385. The molecule has 0 unspecified atom stereocenters. The largest absolute Gasteiger partial charge is 0.327 e. The molecule has 6 nitrogen and oxygen atoms in total. The first-order valence-electron chi connectivity index (χ1n) is 6.73. The number of hydrogen-bond donors (Lipinski definition) is 1. The number of benzene rings is 2. The van der Waals surface area contributed by atoms with Gasteiger partial charge in [-0.25, -0.2) is 0 Å². The molecule has 1 amide bonds. The Morgan fingerprint density at radius 2 is 1.74 bits per heavy atom. The quantitative estimate of drug-likeness (QED) is 0.406. The summed E-state index contributed by atoms with van der Waals surface area (Å²) in [5.41, 5.74) is 1.11. The number of carbonyl (C=O) groups is 1. The van der Waals surface area contributed by atoms with Crippen LogP contribution in [0.2, 0.25) is 0 Å². The van der Waals surface area contributed by atoms with E-state index >= 15 is 0 Å². The fourth-order valence-electron chi connectivity index (χ4n) is 2.28. The van der Waals surface area contributed by atoms with Crippen LogP contribution in [0.1, 0.15) is 5.56 Å². The standard InChI is InChI=1S/C16H11N3O3S/c20-15-13(10-11-6-4-5-9-14(11)19(21)22)17-16(23)18(15)12-7-2-1-3-8-12/h1-10H,(H,17,23)/b13-10-. The maximum atomic E-state index is 12.5. The summed E-state index contributed by atoms with van der Waals surface area (Å²) in [6, 6.07) is 15.2. The molecule has 0 aromatic heterocycles. The van der Waals surface area contributed by atoms with Crippen LogP contribution in [0, 0.1) is 10.1 Å². The lowest BCUT2D eigenvalue weighted by atomic mass is 10.1. The Morgan fingerprint density at radius 3 is 2.43 bits per heavy atom. The number of carbonyl (C=O) groups excluding carboxylic acids is 1. The lowest BCUT2D eigenvalue weighted by Gasteiger charge is -2.13. The number of anilines is 1. The molecule has 1 aliphatic heterocycles. The average Bonchev–Trinajstić information content (AvgIpc) is 2.82. The molecule has 0 spiro atoms. The lowest BCUT2D eigenvalue weighted by Crippen LogP contribution is -2.30. The molecule has 0 saturated carbocycles. The molecule has 1 fully saturated rings. The van der Waals surface area contributed by atoms with Crippen LogP contribution in [-0.2, 0) is 4.79 Å². The van der Waals surface area contributed by atoms with E-state index in [0.29, 0.717) is 11.3 Å². The second-order valence-corrected chi connectivity index (χ2v) is 5.17. The minimum absolute atomic E-state index is 0.0707. The van der Waals surface area contributed by atoms with E-state index in [1.165, 1.54) is 17.0 Å². The summed E-state index contributed by atoms with van der Waals surface area (Å²) in [6.45, 7) is 0. The normalized spacial score (nSPS) is 15.8. The third-order valence-corrected chi connectivity index (χ3v) is 3.61. The second kappa shape index (κ2) is 5.98. The Kier molecular flexibility index (Phi) is 3.86. The highest BCUT2D eigenvalue weighted by molar-refractivity contribution is 7.80. The highest BCUT2D eigenvalue weighted by Gasteiger charge is 2.32.